The van der Waals surface area contributed by atoms with E-state index >= 15 is 0 Å². The van der Waals surface area contributed by atoms with Gasteiger partial charge >= 0.3 is 0 Å². The summed E-state index contributed by atoms with van der Waals surface area (Å²) in [4.78, 5) is 4.31. The van der Waals surface area contributed by atoms with Gasteiger partial charge in [0, 0.05) is 13.2 Å². The fraction of sp³-hybridized carbons (Fsp3) is 0.533. The standard InChI is InChI=1S/C15H25N3O/c1-4-19-11-14-7-5-13(6-8-14)10-18-15(16)17-9-12(2)3/h5-8,12H,4,9-11H2,1-3H3,(H3,16,17,18). The van der Waals surface area contributed by atoms with Gasteiger partial charge in [0.1, 0.15) is 0 Å². The topological polar surface area (TPSA) is 59.6 Å². The van der Waals surface area contributed by atoms with Gasteiger partial charge in [-0.15, -0.1) is 0 Å². The summed E-state index contributed by atoms with van der Waals surface area (Å²) in [6.07, 6.45) is 0. The molecule has 1 rings (SSSR count). The van der Waals surface area contributed by atoms with Gasteiger partial charge in [-0.25, -0.2) is 4.99 Å². The molecule has 4 nitrogen and oxygen atoms in total. The van der Waals surface area contributed by atoms with Gasteiger partial charge in [0.2, 0.25) is 0 Å². The summed E-state index contributed by atoms with van der Waals surface area (Å²) in [5, 5.41) is 3.10. The third-order valence-electron chi connectivity index (χ3n) is 2.62. The Kier molecular flexibility index (Phi) is 6.97. The van der Waals surface area contributed by atoms with Crippen LogP contribution in [-0.2, 0) is 17.9 Å². The van der Waals surface area contributed by atoms with E-state index in [1.54, 1.807) is 0 Å². The van der Waals surface area contributed by atoms with Crippen LogP contribution in [0, 0.1) is 5.92 Å². The molecule has 0 aliphatic carbocycles. The average Bonchev–Trinajstić information content (AvgIpc) is 2.41. The van der Waals surface area contributed by atoms with E-state index in [2.05, 4.69) is 48.4 Å². The van der Waals surface area contributed by atoms with Crippen LogP contribution in [0.4, 0.5) is 0 Å². The molecule has 0 heterocycles. The van der Waals surface area contributed by atoms with Gasteiger partial charge < -0.3 is 15.8 Å². The number of nitrogens with one attached hydrogen (secondary N) is 1. The zero-order valence-corrected chi connectivity index (χ0v) is 12.1. The largest absolute Gasteiger partial charge is 0.377 e. The number of ether oxygens (including phenoxy) is 1. The number of benzene rings is 1. The minimum atomic E-state index is 0.507. The van der Waals surface area contributed by atoms with Gasteiger partial charge in [0.05, 0.1) is 13.2 Å². The van der Waals surface area contributed by atoms with Crippen LogP contribution in [0.25, 0.3) is 0 Å². The zero-order chi connectivity index (χ0) is 14.1. The van der Waals surface area contributed by atoms with Crippen molar-refractivity contribution < 1.29 is 4.74 Å². The van der Waals surface area contributed by atoms with Crippen LogP contribution in [0.3, 0.4) is 0 Å². The third kappa shape index (κ3) is 6.82. The van der Waals surface area contributed by atoms with Gasteiger partial charge in [-0.1, -0.05) is 38.1 Å². The number of rotatable bonds is 7. The smallest absolute Gasteiger partial charge is 0.188 e. The number of nitrogens with zero attached hydrogens (tertiary/aromatic N) is 1. The molecule has 0 spiro atoms. The molecule has 0 atom stereocenters. The lowest BCUT2D eigenvalue weighted by Gasteiger charge is -2.08. The normalized spacial score (nSPS) is 11.9. The van der Waals surface area contributed by atoms with E-state index in [4.69, 9.17) is 10.5 Å². The van der Waals surface area contributed by atoms with Crippen LogP contribution in [-0.4, -0.2) is 19.1 Å². The van der Waals surface area contributed by atoms with Gasteiger partial charge in [-0.2, -0.15) is 0 Å². The number of aliphatic imine (C=N–C) groups is 1. The Hall–Kier alpha value is -1.55. The highest BCUT2D eigenvalue weighted by atomic mass is 16.5. The van der Waals surface area contributed by atoms with Crippen LogP contribution < -0.4 is 11.1 Å². The number of guanidine groups is 1. The Balaban J connectivity index is 2.42. The number of nitrogens with two attached hydrogens (primary N) is 1. The second kappa shape index (κ2) is 8.53. The highest BCUT2D eigenvalue weighted by molar-refractivity contribution is 5.77. The van der Waals surface area contributed by atoms with Crippen LogP contribution in [0.5, 0.6) is 0 Å². The minimum absolute atomic E-state index is 0.507. The summed E-state index contributed by atoms with van der Waals surface area (Å²) in [6.45, 7) is 9.13. The highest BCUT2D eigenvalue weighted by Gasteiger charge is 1.97. The lowest BCUT2D eigenvalue weighted by Crippen LogP contribution is -2.34. The van der Waals surface area contributed by atoms with Gasteiger partial charge in [0.25, 0.3) is 0 Å². The Morgan fingerprint density at radius 1 is 1.26 bits per heavy atom. The lowest BCUT2D eigenvalue weighted by atomic mass is 10.1. The molecule has 0 radical (unpaired) electrons. The van der Waals surface area contributed by atoms with Crippen molar-refractivity contribution in [2.24, 2.45) is 16.6 Å². The third-order valence-corrected chi connectivity index (χ3v) is 2.62. The summed E-state index contributed by atoms with van der Waals surface area (Å²) >= 11 is 0. The Labute approximate surface area is 116 Å². The molecule has 0 aliphatic rings. The predicted octanol–water partition coefficient (Wildman–Crippen LogP) is 2.28. The van der Waals surface area contributed by atoms with Crippen LogP contribution in [0.15, 0.2) is 29.3 Å². The predicted molar refractivity (Wildman–Crippen MR) is 79.9 cm³/mol. The molecule has 0 saturated carbocycles. The second-order valence-electron chi connectivity index (χ2n) is 4.93. The fourth-order valence-electron chi connectivity index (χ4n) is 1.50. The highest BCUT2D eigenvalue weighted by Crippen LogP contribution is 2.06. The van der Waals surface area contributed by atoms with Crippen molar-refractivity contribution in [3.63, 3.8) is 0 Å². The fourth-order valence-corrected chi connectivity index (χ4v) is 1.50. The molecule has 0 bridgehead atoms. The average molecular weight is 263 g/mol. The molecular formula is C15H25N3O. The molecule has 1 aromatic rings. The van der Waals surface area contributed by atoms with Crippen molar-refractivity contribution in [3.05, 3.63) is 35.4 Å². The minimum Gasteiger partial charge on any atom is -0.377 e. The maximum atomic E-state index is 5.78. The van der Waals surface area contributed by atoms with Gasteiger partial charge in [-0.3, -0.25) is 0 Å². The summed E-state index contributed by atoms with van der Waals surface area (Å²) in [5.41, 5.74) is 8.11. The van der Waals surface area contributed by atoms with Crippen molar-refractivity contribution in [2.75, 3.05) is 13.2 Å². The van der Waals surface area contributed by atoms with E-state index in [1.165, 1.54) is 5.56 Å². The summed E-state index contributed by atoms with van der Waals surface area (Å²) in [6, 6.07) is 8.26. The van der Waals surface area contributed by atoms with Crippen molar-refractivity contribution in [3.8, 4) is 0 Å². The summed E-state index contributed by atoms with van der Waals surface area (Å²) < 4.78 is 5.35. The van der Waals surface area contributed by atoms with Crippen molar-refractivity contribution in [1.29, 1.82) is 0 Å². The van der Waals surface area contributed by atoms with Gasteiger partial charge in [-0.05, 0) is 24.0 Å². The van der Waals surface area contributed by atoms with E-state index in [9.17, 15) is 0 Å². The van der Waals surface area contributed by atoms with E-state index in [0.29, 0.717) is 25.0 Å². The molecule has 3 N–H and O–H groups in total. The first-order chi connectivity index (χ1) is 9.11. The van der Waals surface area contributed by atoms with Crippen molar-refractivity contribution in [2.45, 2.75) is 33.9 Å². The molecule has 0 aromatic heterocycles. The number of hydrogen-bond donors (Lipinski definition) is 2. The molecule has 0 amide bonds. The van der Waals surface area contributed by atoms with Gasteiger partial charge in [0.15, 0.2) is 5.96 Å². The molecular weight excluding hydrogens is 238 g/mol. The zero-order valence-electron chi connectivity index (χ0n) is 12.1. The molecule has 4 heteroatoms. The maximum Gasteiger partial charge on any atom is 0.188 e. The molecule has 0 aliphatic heterocycles. The molecule has 0 fully saturated rings. The quantitative estimate of drug-likeness (QED) is 0.586. The van der Waals surface area contributed by atoms with E-state index in [-0.39, 0.29) is 0 Å². The molecule has 1 aromatic carbocycles. The molecule has 106 valence electrons. The summed E-state index contributed by atoms with van der Waals surface area (Å²) in [5.74, 6) is 1.07. The van der Waals surface area contributed by atoms with Crippen LogP contribution >= 0.6 is 0 Å². The van der Waals surface area contributed by atoms with Crippen LogP contribution in [0.1, 0.15) is 31.9 Å². The Morgan fingerprint density at radius 2 is 1.89 bits per heavy atom. The second-order valence-corrected chi connectivity index (χ2v) is 4.93. The first-order valence-electron chi connectivity index (χ1n) is 6.81. The van der Waals surface area contributed by atoms with Crippen LogP contribution in [0.2, 0.25) is 0 Å². The van der Waals surface area contributed by atoms with Crippen molar-refractivity contribution >= 4 is 5.96 Å². The SMILES string of the molecule is CCOCc1ccc(CN=C(N)NCC(C)C)cc1. The van der Waals surface area contributed by atoms with E-state index in [1.807, 2.05) is 6.92 Å². The Morgan fingerprint density at radius 3 is 2.47 bits per heavy atom. The monoisotopic (exact) mass is 263 g/mol. The number of hydrogen-bond acceptors (Lipinski definition) is 2. The lowest BCUT2D eigenvalue weighted by molar-refractivity contribution is 0.134. The van der Waals surface area contributed by atoms with E-state index < -0.39 is 0 Å². The maximum absolute atomic E-state index is 5.78. The molecule has 0 unspecified atom stereocenters. The molecule has 0 saturated heterocycles. The van der Waals surface area contributed by atoms with E-state index in [0.717, 1.165) is 18.7 Å². The molecule has 19 heavy (non-hydrogen) atoms. The first kappa shape index (κ1) is 15.5. The van der Waals surface area contributed by atoms with Crippen molar-refractivity contribution in [1.82, 2.24) is 5.32 Å². The summed E-state index contributed by atoms with van der Waals surface area (Å²) in [7, 11) is 0. The first-order valence-corrected chi connectivity index (χ1v) is 6.81. The Bertz CT molecular complexity index is 385.